The number of carbonyl (C=O) groups is 1. The van der Waals surface area contributed by atoms with Crippen LogP contribution in [0.2, 0.25) is 0 Å². The Hall–Kier alpha value is -3.31. The fraction of sp³-hybridized carbons (Fsp3) is 0.387. The Labute approximate surface area is 212 Å². The molecule has 186 valence electrons. The second kappa shape index (κ2) is 8.97. The number of ether oxygens (including phenoxy) is 2. The normalized spacial score (nSPS) is 25.1. The summed E-state index contributed by atoms with van der Waals surface area (Å²) in [5.74, 6) is 1.36. The molecule has 1 aliphatic carbocycles. The van der Waals surface area contributed by atoms with Crippen LogP contribution in [0.1, 0.15) is 37.3 Å². The molecule has 5 nitrogen and oxygen atoms in total. The van der Waals surface area contributed by atoms with Crippen molar-refractivity contribution in [2.24, 2.45) is 5.92 Å². The van der Waals surface area contributed by atoms with E-state index >= 15 is 0 Å². The van der Waals surface area contributed by atoms with Gasteiger partial charge in [-0.05, 0) is 53.4 Å². The lowest BCUT2D eigenvalue weighted by molar-refractivity contribution is -0.946. The number of hydrogen-bond acceptors (Lipinski definition) is 4. The summed E-state index contributed by atoms with van der Waals surface area (Å²) >= 11 is 0. The maximum atomic E-state index is 13.9. The largest absolute Gasteiger partial charge is 0.508 e. The zero-order chi connectivity index (χ0) is 24.8. The number of esters is 1. The lowest BCUT2D eigenvalue weighted by Crippen LogP contribution is -2.65. The molecule has 2 bridgehead atoms. The number of aromatic hydroxyl groups is 1. The van der Waals surface area contributed by atoms with Crippen molar-refractivity contribution in [1.82, 2.24) is 0 Å². The van der Waals surface area contributed by atoms with Crippen LogP contribution in [-0.4, -0.2) is 54.4 Å². The molecule has 1 atom stereocenters. The molecule has 4 aliphatic rings. The van der Waals surface area contributed by atoms with Crippen molar-refractivity contribution in [3.63, 3.8) is 0 Å². The summed E-state index contributed by atoms with van der Waals surface area (Å²) in [4.78, 5) is 13.9. The average Bonchev–Trinajstić information content (AvgIpc) is 3.18. The van der Waals surface area contributed by atoms with Gasteiger partial charge in [-0.2, -0.15) is 0 Å². The summed E-state index contributed by atoms with van der Waals surface area (Å²) < 4.78 is 13.3. The summed E-state index contributed by atoms with van der Waals surface area (Å²) in [6, 6.07) is 23.4. The summed E-state index contributed by atoms with van der Waals surface area (Å²) in [5.41, 5.74) is 3.60. The first kappa shape index (κ1) is 23.1. The Balaban J connectivity index is 1.14. The number of fused-ring (bicyclic) bond motifs is 6. The van der Waals surface area contributed by atoms with E-state index in [-0.39, 0.29) is 17.8 Å². The van der Waals surface area contributed by atoms with Gasteiger partial charge in [-0.3, -0.25) is 4.79 Å². The van der Waals surface area contributed by atoms with Crippen LogP contribution >= 0.6 is 0 Å². The molecule has 3 heterocycles. The van der Waals surface area contributed by atoms with Crippen molar-refractivity contribution in [3.05, 3.63) is 83.9 Å². The predicted molar refractivity (Wildman–Crippen MR) is 139 cm³/mol. The highest BCUT2D eigenvalue weighted by atomic mass is 16.5. The first-order valence-corrected chi connectivity index (χ1v) is 13.2. The molecule has 36 heavy (non-hydrogen) atoms. The van der Waals surface area contributed by atoms with Crippen LogP contribution < -0.4 is 4.74 Å². The minimum Gasteiger partial charge on any atom is -0.508 e. The summed E-state index contributed by atoms with van der Waals surface area (Å²) in [5, 5.41) is 9.44. The molecule has 0 aromatic heterocycles. The zero-order valence-corrected chi connectivity index (χ0v) is 20.9. The van der Waals surface area contributed by atoms with Crippen molar-refractivity contribution < 1.29 is 23.9 Å². The van der Waals surface area contributed by atoms with E-state index in [4.69, 9.17) is 9.47 Å². The van der Waals surface area contributed by atoms with Crippen LogP contribution in [0.15, 0.2) is 72.8 Å². The second-order valence-electron chi connectivity index (χ2n) is 10.9. The van der Waals surface area contributed by atoms with Gasteiger partial charge in [0.05, 0.1) is 26.2 Å². The molecule has 0 saturated carbocycles. The Bertz CT molecular complexity index is 1210. The third kappa shape index (κ3) is 3.86. The van der Waals surface area contributed by atoms with Gasteiger partial charge in [-0.25, -0.2) is 0 Å². The van der Waals surface area contributed by atoms with E-state index in [1.165, 1.54) is 0 Å². The molecule has 3 aromatic rings. The first-order valence-electron chi connectivity index (χ1n) is 13.2. The number of piperidine rings is 3. The van der Waals surface area contributed by atoms with Crippen LogP contribution in [-0.2, 0) is 14.9 Å². The molecule has 5 heteroatoms. The number of phenols is 1. The molecule has 0 amide bonds. The van der Waals surface area contributed by atoms with Gasteiger partial charge in [0.1, 0.15) is 23.5 Å². The number of benzene rings is 3. The second-order valence-corrected chi connectivity index (χ2v) is 10.9. The van der Waals surface area contributed by atoms with Gasteiger partial charge in [0.15, 0.2) is 6.10 Å². The number of nitrogens with zero attached hydrogens (tertiary/aromatic N) is 1. The van der Waals surface area contributed by atoms with E-state index in [9.17, 15) is 9.90 Å². The molecular formula is C31H34NO4+. The number of phenolic OH excluding ortho intramolecular Hbond substituents is 1. The van der Waals surface area contributed by atoms with Gasteiger partial charge in [0, 0.05) is 25.2 Å². The zero-order valence-electron chi connectivity index (χ0n) is 20.9. The van der Waals surface area contributed by atoms with Crippen molar-refractivity contribution in [2.45, 2.75) is 37.7 Å². The van der Waals surface area contributed by atoms with Crippen LogP contribution in [0.25, 0.3) is 11.1 Å². The molecule has 1 N–H and O–H groups in total. The van der Waals surface area contributed by atoms with Crippen LogP contribution in [0.4, 0.5) is 0 Å². The Morgan fingerprint density at radius 2 is 1.56 bits per heavy atom. The molecule has 3 aromatic carbocycles. The highest BCUT2D eigenvalue weighted by Crippen LogP contribution is 2.50. The molecule has 3 fully saturated rings. The first-order chi connectivity index (χ1) is 17.5. The average molecular weight is 485 g/mol. The topological polar surface area (TPSA) is 55.8 Å². The Morgan fingerprint density at radius 3 is 2.19 bits per heavy atom. The lowest BCUT2D eigenvalue weighted by atomic mass is 9.79. The van der Waals surface area contributed by atoms with Gasteiger partial charge in [0.2, 0.25) is 0 Å². The number of hydrogen-bond donors (Lipinski definition) is 1. The number of carbonyl (C=O) groups excluding carboxylic acids is 1. The quantitative estimate of drug-likeness (QED) is 0.281. The fourth-order valence-corrected chi connectivity index (χ4v) is 6.73. The van der Waals surface area contributed by atoms with Gasteiger partial charge >= 0.3 is 5.97 Å². The van der Waals surface area contributed by atoms with E-state index in [1.54, 1.807) is 24.3 Å². The van der Waals surface area contributed by atoms with Gasteiger partial charge < -0.3 is 19.1 Å². The van der Waals surface area contributed by atoms with Crippen LogP contribution in [0.3, 0.4) is 0 Å². The third-order valence-corrected chi connectivity index (χ3v) is 8.81. The standard InChI is InChI=1S/C31H33NO4/c1-31(27-9-4-2-7-25(27)26-8-3-5-10-28(26)31)30(34)36-29-21-32(18-15-22(29)16-19-32)17-6-20-35-24-13-11-23(33)12-14-24/h2-5,7-14,22,29H,6,15-21H2,1H3/p+1/t22?,29-,32?/m0/s1. The van der Waals surface area contributed by atoms with Crippen molar-refractivity contribution >= 4 is 5.97 Å². The monoisotopic (exact) mass is 484 g/mol. The molecule has 7 rings (SSSR count). The minimum absolute atomic E-state index is 0.0326. The van der Waals surface area contributed by atoms with E-state index in [0.29, 0.717) is 12.5 Å². The van der Waals surface area contributed by atoms with E-state index in [1.807, 2.05) is 31.2 Å². The molecule has 0 spiro atoms. The van der Waals surface area contributed by atoms with Crippen molar-refractivity contribution in [2.75, 3.05) is 32.8 Å². The smallest absolute Gasteiger partial charge is 0.321 e. The SMILES string of the molecule is CC1(C(=O)O[C@H]2C[N+]3(CCCOc4ccc(O)cc4)CCC2CC3)c2ccccc2-c2ccccc21. The van der Waals surface area contributed by atoms with Crippen molar-refractivity contribution in [3.8, 4) is 22.6 Å². The summed E-state index contributed by atoms with van der Waals surface area (Å²) in [7, 11) is 0. The number of rotatable bonds is 7. The molecule has 3 saturated heterocycles. The minimum atomic E-state index is -0.776. The van der Waals surface area contributed by atoms with Crippen molar-refractivity contribution in [1.29, 1.82) is 0 Å². The summed E-state index contributed by atoms with van der Waals surface area (Å²) in [6.07, 6.45) is 3.14. The molecule has 3 aliphatic heterocycles. The third-order valence-electron chi connectivity index (χ3n) is 8.81. The van der Waals surface area contributed by atoms with Gasteiger partial charge in [0.25, 0.3) is 0 Å². The van der Waals surface area contributed by atoms with Crippen LogP contribution in [0, 0.1) is 5.92 Å². The maximum absolute atomic E-state index is 13.9. The predicted octanol–water partition coefficient (Wildman–Crippen LogP) is 5.30. The lowest BCUT2D eigenvalue weighted by Gasteiger charge is -2.52. The Morgan fingerprint density at radius 1 is 0.944 bits per heavy atom. The van der Waals surface area contributed by atoms with Gasteiger partial charge in [-0.15, -0.1) is 0 Å². The van der Waals surface area contributed by atoms with E-state index < -0.39 is 5.41 Å². The maximum Gasteiger partial charge on any atom is 0.321 e. The van der Waals surface area contributed by atoms with E-state index in [0.717, 1.165) is 77.9 Å². The highest BCUT2D eigenvalue weighted by molar-refractivity contribution is 5.97. The fourth-order valence-electron chi connectivity index (χ4n) is 6.73. The molecule has 0 radical (unpaired) electrons. The van der Waals surface area contributed by atoms with E-state index in [2.05, 4.69) is 24.3 Å². The highest BCUT2D eigenvalue weighted by Gasteiger charge is 2.51. The number of quaternary nitrogens is 1. The summed E-state index contributed by atoms with van der Waals surface area (Å²) in [6.45, 7) is 6.91. The Kier molecular flexibility index (Phi) is 5.76. The van der Waals surface area contributed by atoms with Crippen LogP contribution in [0.5, 0.6) is 11.5 Å². The molecular weight excluding hydrogens is 450 g/mol. The van der Waals surface area contributed by atoms with Gasteiger partial charge in [-0.1, -0.05) is 48.5 Å². The molecule has 0 unspecified atom stereocenters.